The Balaban J connectivity index is 2.13. The molecule has 2 N–H and O–H groups in total. The lowest BCUT2D eigenvalue weighted by molar-refractivity contribution is 1.06. The predicted octanol–water partition coefficient (Wildman–Crippen LogP) is 3.73. The number of hydrogen-bond acceptors (Lipinski definition) is 3. The summed E-state index contributed by atoms with van der Waals surface area (Å²) in [7, 11) is 0. The second kappa shape index (κ2) is 4.52. The molecule has 0 saturated heterocycles. The lowest BCUT2D eigenvalue weighted by atomic mass is 10.1. The largest absolute Gasteiger partial charge is 0.326 e. The summed E-state index contributed by atoms with van der Waals surface area (Å²) >= 11 is 1.77. The Labute approximate surface area is 110 Å². The molecular weight excluding hydrogens is 240 g/mol. The highest BCUT2D eigenvalue weighted by molar-refractivity contribution is 7.22. The number of nitrogens with two attached hydrogens (primary N) is 1. The average Bonchev–Trinajstić information content (AvgIpc) is 2.81. The molecule has 2 heterocycles. The smallest absolute Gasteiger partial charge is 0.0805 e. The van der Waals surface area contributed by atoms with Crippen LogP contribution in [-0.4, -0.2) is 4.98 Å². The fraction of sp³-hybridized carbons (Fsp3) is 0.133. The van der Waals surface area contributed by atoms with E-state index in [2.05, 4.69) is 42.2 Å². The zero-order chi connectivity index (χ0) is 12.5. The first kappa shape index (κ1) is 11.4. The number of rotatable bonds is 2. The van der Waals surface area contributed by atoms with Gasteiger partial charge in [0.2, 0.25) is 0 Å². The molecule has 3 rings (SSSR count). The van der Waals surface area contributed by atoms with Crippen molar-refractivity contribution < 1.29 is 0 Å². The molecule has 0 fully saturated rings. The number of hydrogen-bond donors (Lipinski definition) is 1. The van der Waals surface area contributed by atoms with Crippen LogP contribution in [0.1, 0.15) is 11.1 Å². The van der Waals surface area contributed by atoms with Gasteiger partial charge in [-0.15, -0.1) is 11.3 Å². The molecule has 0 radical (unpaired) electrons. The number of pyridine rings is 1. The van der Waals surface area contributed by atoms with Crippen molar-refractivity contribution in [3.8, 4) is 10.6 Å². The van der Waals surface area contributed by atoms with Crippen molar-refractivity contribution in [3.05, 3.63) is 53.7 Å². The van der Waals surface area contributed by atoms with Gasteiger partial charge in [0.05, 0.1) is 10.6 Å². The maximum atomic E-state index is 5.67. The predicted molar refractivity (Wildman–Crippen MR) is 77.7 cm³/mol. The second-order valence-corrected chi connectivity index (χ2v) is 5.49. The summed E-state index contributed by atoms with van der Waals surface area (Å²) < 4.78 is 1.30. The molecule has 0 amide bonds. The lowest BCUT2D eigenvalue weighted by Crippen LogP contribution is -1.96. The molecule has 0 bridgehead atoms. The van der Waals surface area contributed by atoms with E-state index in [1.165, 1.54) is 20.5 Å². The van der Waals surface area contributed by atoms with Crippen LogP contribution in [0.5, 0.6) is 0 Å². The Kier molecular flexibility index (Phi) is 2.86. The lowest BCUT2D eigenvalue weighted by Gasteiger charge is -1.99. The monoisotopic (exact) mass is 254 g/mol. The van der Waals surface area contributed by atoms with Gasteiger partial charge in [-0.25, -0.2) is 0 Å². The van der Waals surface area contributed by atoms with Crippen LogP contribution >= 0.6 is 11.3 Å². The summed E-state index contributed by atoms with van der Waals surface area (Å²) in [6.45, 7) is 2.67. The number of thiophene rings is 1. The zero-order valence-corrected chi connectivity index (χ0v) is 11.0. The summed E-state index contributed by atoms with van der Waals surface area (Å²) in [4.78, 5) is 5.63. The van der Waals surface area contributed by atoms with Gasteiger partial charge >= 0.3 is 0 Å². The minimum atomic E-state index is 0.555. The van der Waals surface area contributed by atoms with Gasteiger partial charge in [0.25, 0.3) is 0 Å². The Morgan fingerprint density at radius 1 is 1.17 bits per heavy atom. The third-order valence-electron chi connectivity index (χ3n) is 2.98. The minimum absolute atomic E-state index is 0.555. The van der Waals surface area contributed by atoms with Crippen molar-refractivity contribution in [2.75, 3.05) is 0 Å². The topological polar surface area (TPSA) is 38.9 Å². The van der Waals surface area contributed by atoms with E-state index in [1.807, 2.05) is 12.3 Å². The molecule has 2 aromatic heterocycles. The summed E-state index contributed by atoms with van der Waals surface area (Å²) in [6, 6.07) is 12.8. The van der Waals surface area contributed by atoms with Crippen LogP contribution in [0.15, 0.2) is 42.6 Å². The Bertz CT molecular complexity index is 701. The van der Waals surface area contributed by atoms with Gasteiger partial charge in [-0.1, -0.05) is 17.7 Å². The molecule has 90 valence electrons. The first-order chi connectivity index (χ1) is 8.76. The van der Waals surface area contributed by atoms with Crippen LogP contribution in [0.25, 0.3) is 20.7 Å². The average molecular weight is 254 g/mol. The van der Waals surface area contributed by atoms with E-state index in [4.69, 9.17) is 5.73 Å². The highest BCUT2D eigenvalue weighted by atomic mass is 32.1. The molecule has 3 aromatic rings. The number of nitrogens with zero attached hydrogens (tertiary/aromatic N) is 1. The molecule has 1 aromatic carbocycles. The highest BCUT2D eigenvalue weighted by Gasteiger charge is 2.06. The highest BCUT2D eigenvalue weighted by Crippen LogP contribution is 2.33. The Morgan fingerprint density at radius 2 is 2.06 bits per heavy atom. The summed E-state index contributed by atoms with van der Waals surface area (Å²) in [5.74, 6) is 0. The molecule has 0 aliphatic heterocycles. The summed E-state index contributed by atoms with van der Waals surface area (Å²) in [5, 5.41) is 1.29. The van der Waals surface area contributed by atoms with Gasteiger partial charge in [0.15, 0.2) is 0 Å². The third kappa shape index (κ3) is 2.03. The molecule has 0 unspecified atom stereocenters. The number of aryl methyl sites for hydroxylation is 1. The number of benzene rings is 1. The molecule has 2 nitrogen and oxygen atoms in total. The van der Waals surface area contributed by atoms with E-state index in [9.17, 15) is 0 Å². The fourth-order valence-corrected chi connectivity index (χ4v) is 3.04. The van der Waals surface area contributed by atoms with Crippen molar-refractivity contribution in [1.29, 1.82) is 0 Å². The normalized spacial score (nSPS) is 11.0. The van der Waals surface area contributed by atoms with E-state index in [0.29, 0.717) is 6.54 Å². The van der Waals surface area contributed by atoms with Gasteiger partial charge in [-0.05, 0) is 42.1 Å². The standard InChI is InChI=1S/C15H14N2S/c1-10-2-3-14-12(6-10)8-15(18-14)13-7-11(9-16)4-5-17-13/h2-8H,9,16H2,1H3. The van der Waals surface area contributed by atoms with E-state index < -0.39 is 0 Å². The maximum absolute atomic E-state index is 5.67. The summed E-state index contributed by atoms with van der Waals surface area (Å²) in [5.41, 5.74) is 9.08. The van der Waals surface area contributed by atoms with Crippen LogP contribution < -0.4 is 5.73 Å². The van der Waals surface area contributed by atoms with Crippen LogP contribution in [0.2, 0.25) is 0 Å². The molecule has 18 heavy (non-hydrogen) atoms. The number of fused-ring (bicyclic) bond motifs is 1. The quantitative estimate of drug-likeness (QED) is 0.756. The third-order valence-corrected chi connectivity index (χ3v) is 4.12. The van der Waals surface area contributed by atoms with E-state index in [-0.39, 0.29) is 0 Å². The zero-order valence-electron chi connectivity index (χ0n) is 10.2. The molecule has 0 spiro atoms. The fourth-order valence-electron chi connectivity index (χ4n) is 2.03. The van der Waals surface area contributed by atoms with Crippen molar-refractivity contribution in [3.63, 3.8) is 0 Å². The van der Waals surface area contributed by atoms with E-state index in [1.54, 1.807) is 11.3 Å². The van der Waals surface area contributed by atoms with Gasteiger partial charge in [0.1, 0.15) is 0 Å². The van der Waals surface area contributed by atoms with E-state index >= 15 is 0 Å². The van der Waals surface area contributed by atoms with Crippen LogP contribution in [0, 0.1) is 6.92 Å². The Morgan fingerprint density at radius 3 is 2.89 bits per heavy atom. The maximum Gasteiger partial charge on any atom is 0.0805 e. The van der Waals surface area contributed by atoms with Crippen LogP contribution in [0.4, 0.5) is 0 Å². The van der Waals surface area contributed by atoms with Crippen molar-refractivity contribution in [2.24, 2.45) is 5.73 Å². The van der Waals surface area contributed by atoms with Gasteiger partial charge < -0.3 is 5.73 Å². The van der Waals surface area contributed by atoms with Gasteiger partial charge in [-0.3, -0.25) is 4.98 Å². The van der Waals surface area contributed by atoms with Crippen molar-refractivity contribution in [2.45, 2.75) is 13.5 Å². The number of aromatic nitrogens is 1. The molecule has 0 saturated carbocycles. The second-order valence-electron chi connectivity index (χ2n) is 4.41. The molecule has 0 aliphatic rings. The first-order valence-corrected chi connectivity index (χ1v) is 6.73. The molecule has 0 aliphatic carbocycles. The SMILES string of the molecule is Cc1ccc2sc(-c3cc(CN)ccn3)cc2c1. The van der Waals surface area contributed by atoms with Gasteiger partial charge in [-0.2, -0.15) is 0 Å². The molecule has 3 heteroatoms. The van der Waals surface area contributed by atoms with Crippen LogP contribution in [0.3, 0.4) is 0 Å². The molecule has 0 atom stereocenters. The van der Waals surface area contributed by atoms with Gasteiger partial charge in [0, 0.05) is 17.4 Å². The van der Waals surface area contributed by atoms with Crippen LogP contribution in [-0.2, 0) is 6.54 Å². The minimum Gasteiger partial charge on any atom is -0.326 e. The van der Waals surface area contributed by atoms with E-state index in [0.717, 1.165) is 11.3 Å². The summed E-state index contributed by atoms with van der Waals surface area (Å²) in [6.07, 6.45) is 1.83. The first-order valence-electron chi connectivity index (χ1n) is 5.92. The Hall–Kier alpha value is -1.71. The van der Waals surface area contributed by atoms with Crippen molar-refractivity contribution in [1.82, 2.24) is 4.98 Å². The van der Waals surface area contributed by atoms with Crippen molar-refractivity contribution >= 4 is 21.4 Å². The molecular formula is C15H14N2S.